The molecule has 0 bridgehead atoms. The first kappa shape index (κ1) is 23.5. The van der Waals surface area contributed by atoms with Crippen LogP contribution in [0.3, 0.4) is 0 Å². The maximum atomic E-state index is 6.79. The number of hydrogen-bond acceptors (Lipinski definition) is 0. The first-order valence-corrected chi connectivity index (χ1v) is 17.4. The Morgan fingerprint density at radius 2 is 1.12 bits per heavy atom. The molecule has 0 amide bonds. The molecule has 0 aromatic heterocycles. The molecule has 0 radical (unpaired) electrons. The van der Waals surface area contributed by atoms with Crippen LogP contribution in [0.5, 0.6) is 0 Å². The van der Waals surface area contributed by atoms with Gasteiger partial charge in [-0.15, -0.1) is 0 Å². The van der Waals surface area contributed by atoms with E-state index in [2.05, 4.69) is 63.4 Å². The summed E-state index contributed by atoms with van der Waals surface area (Å²) in [6, 6.07) is 0. The highest BCUT2D eigenvalue weighted by atomic mass is 35.5. The second-order valence-corrected chi connectivity index (χ2v) is 18.1. The second-order valence-electron chi connectivity index (χ2n) is 12.3. The molecule has 6 aliphatic rings. The molecule has 32 heavy (non-hydrogen) atoms. The lowest BCUT2D eigenvalue weighted by molar-refractivity contribution is 0.415. The van der Waals surface area contributed by atoms with Crippen molar-refractivity contribution in [3.8, 4) is 0 Å². The number of halogens is 2. The van der Waals surface area contributed by atoms with Crippen LogP contribution in [-0.4, -0.2) is 8.07 Å². The molecule has 6 rings (SSSR count). The Morgan fingerprint density at radius 1 is 0.750 bits per heavy atom. The molecule has 0 aliphatic heterocycles. The van der Waals surface area contributed by atoms with Gasteiger partial charge >= 0.3 is 0 Å². The van der Waals surface area contributed by atoms with Crippen molar-refractivity contribution in [3.63, 3.8) is 0 Å². The van der Waals surface area contributed by atoms with E-state index < -0.39 is 8.07 Å². The molecule has 4 fully saturated rings. The van der Waals surface area contributed by atoms with Crippen LogP contribution < -0.4 is 0 Å². The molecule has 3 heteroatoms. The van der Waals surface area contributed by atoms with Crippen molar-refractivity contribution in [2.75, 3.05) is 0 Å². The smallest absolute Gasteiger partial charge is 0.0553 e. The molecule has 0 aromatic carbocycles. The second kappa shape index (κ2) is 9.08. The van der Waals surface area contributed by atoms with Crippen LogP contribution in [0.2, 0.25) is 24.2 Å². The Morgan fingerprint density at radius 3 is 1.47 bits per heavy atom. The third-order valence-corrected chi connectivity index (χ3v) is 15.7. The van der Waals surface area contributed by atoms with E-state index in [4.69, 9.17) is 23.2 Å². The fraction of sp³-hybridized carbons (Fsp3) is 0.724. The predicted molar refractivity (Wildman–Crippen MR) is 143 cm³/mol. The van der Waals surface area contributed by atoms with Gasteiger partial charge in [-0.1, -0.05) is 80.9 Å². The summed E-state index contributed by atoms with van der Waals surface area (Å²) in [5.41, 5.74) is 1.78. The van der Waals surface area contributed by atoms with E-state index in [0.717, 1.165) is 44.8 Å². The molecular formula is C29H42Cl2Si. The summed E-state index contributed by atoms with van der Waals surface area (Å²) in [4.78, 5) is 0. The van der Waals surface area contributed by atoms with Crippen molar-refractivity contribution in [1.82, 2.24) is 0 Å². The fourth-order valence-corrected chi connectivity index (χ4v) is 15.3. The molecule has 0 nitrogen and oxygen atoms in total. The van der Waals surface area contributed by atoms with Crippen molar-refractivity contribution >= 4 is 31.3 Å². The first-order chi connectivity index (χ1) is 15.4. The lowest BCUT2D eigenvalue weighted by Crippen LogP contribution is -2.47. The van der Waals surface area contributed by atoms with Crippen LogP contribution >= 0.6 is 23.2 Å². The van der Waals surface area contributed by atoms with E-state index >= 15 is 0 Å². The summed E-state index contributed by atoms with van der Waals surface area (Å²) in [5, 5.41) is 2.28. The Bertz CT molecular complexity index is 762. The molecule has 0 heterocycles. The Balaban J connectivity index is 0.000000684. The van der Waals surface area contributed by atoms with Gasteiger partial charge in [0.1, 0.15) is 0 Å². The van der Waals surface area contributed by atoms with Gasteiger partial charge in [0.2, 0.25) is 0 Å². The SMILES string of the molecule is CCC.C[Si](C)(C1C2C=CC=C(Cl)C2CC1C1CC1)C1C2C=CC=C(Cl)C2CC1C1CC1. The molecule has 0 spiro atoms. The molecule has 0 N–H and O–H groups in total. The highest BCUT2D eigenvalue weighted by Gasteiger charge is 2.62. The van der Waals surface area contributed by atoms with E-state index in [0.29, 0.717) is 23.7 Å². The quantitative estimate of drug-likeness (QED) is 0.345. The molecule has 4 saturated carbocycles. The van der Waals surface area contributed by atoms with Crippen molar-refractivity contribution in [2.45, 2.75) is 83.0 Å². The zero-order valence-electron chi connectivity index (χ0n) is 20.4. The lowest BCUT2D eigenvalue weighted by Gasteiger charge is -2.47. The molecule has 0 saturated heterocycles. The molecular weight excluding hydrogens is 447 g/mol. The largest absolute Gasteiger partial charge is 0.0888 e. The first-order valence-electron chi connectivity index (χ1n) is 13.5. The van der Waals surface area contributed by atoms with Gasteiger partial charge < -0.3 is 0 Å². The summed E-state index contributed by atoms with van der Waals surface area (Å²) in [6.45, 7) is 9.80. The van der Waals surface area contributed by atoms with Gasteiger partial charge in [0, 0.05) is 21.9 Å². The lowest BCUT2D eigenvalue weighted by atomic mass is 9.91. The van der Waals surface area contributed by atoms with E-state index in [1.54, 1.807) is 0 Å². The van der Waals surface area contributed by atoms with Crippen molar-refractivity contribution in [2.24, 2.45) is 47.3 Å². The van der Waals surface area contributed by atoms with Gasteiger partial charge in [-0.3, -0.25) is 0 Å². The van der Waals surface area contributed by atoms with E-state index in [-0.39, 0.29) is 0 Å². The number of fused-ring (bicyclic) bond motifs is 2. The van der Waals surface area contributed by atoms with Crippen LogP contribution in [0.25, 0.3) is 0 Å². The number of allylic oxidation sites excluding steroid dienone is 8. The summed E-state index contributed by atoms with van der Waals surface area (Å²) in [6.07, 6.45) is 23.8. The van der Waals surface area contributed by atoms with Crippen molar-refractivity contribution < 1.29 is 0 Å². The monoisotopic (exact) mass is 488 g/mol. The zero-order valence-corrected chi connectivity index (χ0v) is 23.0. The summed E-state index contributed by atoms with van der Waals surface area (Å²) in [7, 11) is -1.56. The summed E-state index contributed by atoms with van der Waals surface area (Å²) >= 11 is 13.6. The third kappa shape index (κ3) is 4.07. The molecule has 8 atom stereocenters. The van der Waals surface area contributed by atoms with E-state index in [9.17, 15) is 0 Å². The average Bonchev–Trinajstić information content (AvgIpc) is 3.68. The minimum Gasteiger partial charge on any atom is -0.0888 e. The van der Waals surface area contributed by atoms with Gasteiger partial charge in [0.05, 0.1) is 8.07 Å². The van der Waals surface area contributed by atoms with Crippen LogP contribution in [0.1, 0.15) is 58.8 Å². The minimum absolute atomic E-state index is 0.603. The Labute approximate surface area is 207 Å². The Kier molecular flexibility index (Phi) is 6.67. The predicted octanol–water partition coefficient (Wildman–Crippen LogP) is 9.56. The fourth-order valence-electron chi connectivity index (χ4n) is 8.50. The summed E-state index contributed by atoms with van der Waals surface area (Å²) in [5.74, 6) is 6.38. The van der Waals surface area contributed by atoms with Gasteiger partial charge in [-0.05, 0) is 97.3 Å². The van der Waals surface area contributed by atoms with Gasteiger partial charge in [-0.2, -0.15) is 0 Å². The number of hydrogen-bond donors (Lipinski definition) is 0. The summed E-state index contributed by atoms with van der Waals surface area (Å²) < 4.78 is 0. The van der Waals surface area contributed by atoms with E-state index in [1.165, 1.54) is 44.9 Å². The maximum Gasteiger partial charge on any atom is 0.0553 e. The Hall–Kier alpha value is -0.243. The van der Waals surface area contributed by atoms with Crippen LogP contribution in [0, 0.1) is 47.3 Å². The van der Waals surface area contributed by atoms with Gasteiger partial charge in [0.15, 0.2) is 0 Å². The van der Waals surface area contributed by atoms with Crippen molar-refractivity contribution in [3.05, 3.63) is 46.5 Å². The van der Waals surface area contributed by atoms with E-state index in [1.807, 2.05) is 0 Å². The normalized spacial score (nSPS) is 42.6. The average molecular weight is 490 g/mol. The topological polar surface area (TPSA) is 0 Å². The van der Waals surface area contributed by atoms with Crippen LogP contribution in [-0.2, 0) is 0 Å². The maximum absolute atomic E-state index is 6.79. The highest BCUT2D eigenvalue weighted by Crippen LogP contribution is 2.69. The zero-order chi connectivity index (χ0) is 22.6. The minimum atomic E-state index is -1.56. The van der Waals surface area contributed by atoms with Gasteiger partial charge in [-0.25, -0.2) is 0 Å². The third-order valence-electron chi connectivity index (χ3n) is 9.79. The molecule has 8 unspecified atom stereocenters. The number of rotatable bonds is 4. The highest BCUT2D eigenvalue weighted by molar-refractivity contribution is 6.80. The molecule has 0 aromatic rings. The van der Waals surface area contributed by atoms with Crippen molar-refractivity contribution in [1.29, 1.82) is 0 Å². The molecule has 6 aliphatic carbocycles. The van der Waals surface area contributed by atoms with Crippen LogP contribution in [0.4, 0.5) is 0 Å². The van der Waals surface area contributed by atoms with Gasteiger partial charge in [0.25, 0.3) is 0 Å². The van der Waals surface area contributed by atoms with Crippen LogP contribution in [0.15, 0.2) is 46.5 Å². The molecule has 176 valence electrons. The standard InChI is InChI=1S/C26H34Cl2Si.C3H8/c1-29(2,25-17-5-3-7-23(27)21(17)13-19(25)15-9-10-15)26-18-6-4-8-24(28)22(18)14-20(26)16-11-12-16;1-3-2/h3-8,15-22,25-26H,9-14H2,1-2H3;3H2,1-2H3.